The molecule has 0 aliphatic carbocycles. The molecule has 0 fully saturated rings. The van der Waals surface area contributed by atoms with E-state index in [0.29, 0.717) is 25.7 Å². The minimum absolute atomic E-state index is 0.109. The Kier molecular flexibility index (Phi) is 76.9. The topological polar surface area (TPSA) is 237 Å². The molecule has 106 heavy (non-hydrogen) atoms. The van der Waals surface area contributed by atoms with E-state index in [1.165, 1.54) is 283 Å². The molecule has 0 aromatic carbocycles. The van der Waals surface area contributed by atoms with Gasteiger partial charge in [-0.2, -0.15) is 0 Å². The predicted octanol–water partition coefficient (Wildman–Crippen LogP) is 26.6. The van der Waals surface area contributed by atoms with Gasteiger partial charge in [0, 0.05) is 25.7 Å². The number of carbonyl (C=O) groups is 4. The summed E-state index contributed by atoms with van der Waals surface area (Å²) in [6.07, 6.45) is 70.6. The maximum atomic E-state index is 13.2. The number of carbonyl (C=O) groups excluding carboxylic acids is 4. The number of esters is 4. The van der Waals surface area contributed by atoms with E-state index in [9.17, 15) is 43.2 Å². The van der Waals surface area contributed by atoms with E-state index >= 15 is 0 Å². The van der Waals surface area contributed by atoms with Crippen molar-refractivity contribution in [3.63, 3.8) is 0 Å². The second-order valence-corrected chi connectivity index (χ2v) is 34.9. The van der Waals surface area contributed by atoms with E-state index in [0.717, 1.165) is 102 Å². The summed E-state index contributed by atoms with van der Waals surface area (Å²) in [4.78, 5) is 73.3. The van der Waals surface area contributed by atoms with Crippen LogP contribution in [0.25, 0.3) is 0 Å². The van der Waals surface area contributed by atoms with Crippen LogP contribution in [0.3, 0.4) is 0 Å². The average Bonchev–Trinajstić information content (AvgIpc) is 0.902. The normalized spacial score (nSPS) is 14.1. The van der Waals surface area contributed by atoms with Gasteiger partial charge in [-0.15, -0.1) is 0 Å². The molecule has 17 nitrogen and oxygen atoms in total. The van der Waals surface area contributed by atoms with Crippen LogP contribution in [0.5, 0.6) is 0 Å². The molecule has 0 rings (SSSR count). The third-order valence-corrected chi connectivity index (χ3v) is 22.7. The second-order valence-electron chi connectivity index (χ2n) is 32.0. The predicted molar refractivity (Wildman–Crippen MR) is 437 cm³/mol. The molecule has 0 aromatic heterocycles. The minimum atomic E-state index is -4.97. The van der Waals surface area contributed by atoms with Crippen LogP contribution in [0.4, 0.5) is 0 Å². The van der Waals surface area contributed by atoms with Crippen molar-refractivity contribution in [1.29, 1.82) is 0 Å². The summed E-state index contributed by atoms with van der Waals surface area (Å²) in [7, 11) is -9.93. The molecule has 0 amide bonds. The zero-order chi connectivity index (χ0) is 77.8. The van der Waals surface area contributed by atoms with Crippen LogP contribution in [0.1, 0.15) is 465 Å². The van der Waals surface area contributed by atoms with Crippen molar-refractivity contribution in [2.45, 2.75) is 484 Å². The number of rotatable bonds is 86. The van der Waals surface area contributed by atoms with Crippen molar-refractivity contribution < 1.29 is 80.2 Å². The fraction of sp³-hybridized carbons (Fsp3) is 0.954. The molecule has 0 spiro atoms. The first-order valence-electron chi connectivity index (χ1n) is 45.0. The third kappa shape index (κ3) is 78.7. The number of aliphatic hydroxyl groups is 1. The Morgan fingerprint density at radius 2 is 0.481 bits per heavy atom. The summed E-state index contributed by atoms with van der Waals surface area (Å²) in [6, 6.07) is 0. The molecular weight excluding hydrogens is 1380 g/mol. The van der Waals surface area contributed by atoms with Crippen molar-refractivity contribution in [3.8, 4) is 0 Å². The first-order valence-corrected chi connectivity index (χ1v) is 48.0. The highest BCUT2D eigenvalue weighted by Gasteiger charge is 2.30. The molecule has 0 aromatic rings. The van der Waals surface area contributed by atoms with E-state index in [2.05, 4.69) is 41.5 Å². The number of phosphoric acid groups is 2. The van der Waals surface area contributed by atoms with Crippen LogP contribution in [0.2, 0.25) is 0 Å². The van der Waals surface area contributed by atoms with Gasteiger partial charge in [-0.3, -0.25) is 37.3 Å². The number of unbranched alkanes of at least 4 members (excludes halogenated alkanes) is 55. The molecule has 6 atom stereocenters. The molecule has 0 aliphatic heterocycles. The Balaban J connectivity index is 5.24. The lowest BCUT2D eigenvalue weighted by Crippen LogP contribution is -2.30. The van der Waals surface area contributed by atoms with Crippen molar-refractivity contribution >= 4 is 39.5 Å². The largest absolute Gasteiger partial charge is 0.472 e. The average molecular weight is 1550 g/mol. The summed E-state index contributed by atoms with van der Waals surface area (Å²) in [6.45, 7) is 9.77. The van der Waals surface area contributed by atoms with Crippen molar-refractivity contribution in [2.24, 2.45) is 11.8 Å². The lowest BCUT2D eigenvalue weighted by molar-refractivity contribution is -0.161. The van der Waals surface area contributed by atoms with Gasteiger partial charge < -0.3 is 33.8 Å². The van der Waals surface area contributed by atoms with Gasteiger partial charge >= 0.3 is 39.5 Å². The number of phosphoric ester groups is 2. The lowest BCUT2D eigenvalue weighted by atomic mass is 9.99. The number of hydrogen-bond acceptors (Lipinski definition) is 15. The molecule has 3 N–H and O–H groups in total. The Morgan fingerprint density at radius 1 is 0.274 bits per heavy atom. The molecule has 19 heteroatoms. The van der Waals surface area contributed by atoms with Crippen molar-refractivity contribution in [1.82, 2.24) is 0 Å². The Labute approximate surface area is 651 Å². The Hall–Kier alpha value is -1.94. The number of hydrogen-bond donors (Lipinski definition) is 3. The van der Waals surface area contributed by atoms with Gasteiger partial charge in [0.1, 0.15) is 19.3 Å². The van der Waals surface area contributed by atoms with E-state index in [4.69, 9.17) is 37.0 Å². The monoisotopic (exact) mass is 1550 g/mol. The van der Waals surface area contributed by atoms with E-state index in [-0.39, 0.29) is 25.7 Å². The Bertz CT molecular complexity index is 2030. The smallest absolute Gasteiger partial charge is 0.462 e. The van der Waals surface area contributed by atoms with Crippen LogP contribution in [-0.2, 0) is 65.4 Å². The Morgan fingerprint density at radius 3 is 0.717 bits per heavy atom. The summed E-state index contributed by atoms with van der Waals surface area (Å²) in [5.41, 5.74) is 0. The van der Waals surface area contributed by atoms with Crippen molar-refractivity contribution in [3.05, 3.63) is 0 Å². The molecule has 0 bridgehead atoms. The number of aliphatic hydroxyl groups excluding tert-OH is 1. The molecule has 0 aliphatic rings. The van der Waals surface area contributed by atoms with Crippen molar-refractivity contribution in [2.75, 3.05) is 39.6 Å². The second kappa shape index (κ2) is 78.3. The summed E-state index contributed by atoms with van der Waals surface area (Å²) in [5, 5.41) is 10.7. The van der Waals surface area contributed by atoms with Gasteiger partial charge in [0.25, 0.3) is 0 Å². The molecule has 0 heterocycles. The summed E-state index contributed by atoms with van der Waals surface area (Å²) >= 11 is 0. The zero-order valence-corrected chi connectivity index (χ0v) is 71.5. The molecule has 0 saturated heterocycles. The summed E-state index contributed by atoms with van der Waals surface area (Å²) < 4.78 is 68.9. The van der Waals surface area contributed by atoms with Gasteiger partial charge in [-0.05, 0) is 37.5 Å². The van der Waals surface area contributed by atoms with Crippen LogP contribution >= 0.6 is 15.6 Å². The summed E-state index contributed by atoms with van der Waals surface area (Å²) in [5.74, 6) is -0.428. The molecule has 0 radical (unpaired) electrons. The fourth-order valence-corrected chi connectivity index (χ4v) is 15.1. The van der Waals surface area contributed by atoms with E-state index in [1.54, 1.807) is 0 Å². The molecular formula is C87H170O17P2. The lowest BCUT2D eigenvalue weighted by Gasteiger charge is -2.21. The molecule has 630 valence electrons. The fourth-order valence-electron chi connectivity index (χ4n) is 13.6. The number of ether oxygens (including phenoxy) is 4. The maximum Gasteiger partial charge on any atom is 0.472 e. The van der Waals surface area contributed by atoms with Crippen LogP contribution in [-0.4, -0.2) is 96.7 Å². The van der Waals surface area contributed by atoms with Crippen LogP contribution in [0.15, 0.2) is 0 Å². The van der Waals surface area contributed by atoms with Gasteiger partial charge in [0.05, 0.1) is 26.4 Å². The standard InChI is InChI=1S/C87H170O17P2/c1-7-10-12-14-16-18-20-21-22-28-35-41-47-53-59-65-71-86(91)103-82(75-97-84(89)69-63-57-51-45-37-19-17-15-13-11-8-2)77-101-105(93,94)99-73-81(88)74-100-106(95,96)102-78-83(76-98-85(90)70-64-58-52-46-40-34-31-30-33-39-44-50-56-62-68-80(6)9-3)104-87(92)72-66-60-54-48-42-36-29-26-24-23-25-27-32-38-43-49-55-61-67-79(4)5/h79-83,88H,7-78H2,1-6H3,(H,93,94)(H,95,96)/t80?,81-,82+,83+/m0/s1. The molecule has 3 unspecified atom stereocenters. The van der Waals surface area contributed by atoms with E-state index < -0.39 is 97.5 Å². The first-order chi connectivity index (χ1) is 51.4. The maximum absolute atomic E-state index is 13.2. The van der Waals surface area contributed by atoms with E-state index in [1.807, 2.05) is 0 Å². The van der Waals surface area contributed by atoms with Crippen LogP contribution in [0, 0.1) is 11.8 Å². The van der Waals surface area contributed by atoms with Gasteiger partial charge in [0.2, 0.25) is 0 Å². The zero-order valence-electron chi connectivity index (χ0n) is 69.7. The van der Waals surface area contributed by atoms with Gasteiger partial charge in [-0.25, -0.2) is 9.13 Å². The highest BCUT2D eigenvalue weighted by molar-refractivity contribution is 7.47. The van der Waals surface area contributed by atoms with Gasteiger partial charge in [-0.1, -0.05) is 414 Å². The quantitative estimate of drug-likeness (QED) is 0.0222. The van der Waals surface area contributed by atoms with Crippen LogP contribution < -0.4 is 0 Å². The minimum Gasteiger partial charge on any atom is -0.462 e. The molecule has 0 saturated carbocycles. The van der Waals surface area contributed by atoms with Gasteiger partial charge in [0.15, 0.2) is 12.2 Å². The third-order valence-electron chi connectivity index (χ3n) is 20.8. The first kappa shape index (κ1) is 104. The highest BCUT2D eigenvalue weighted by Crippen LogP contribution is 2.45. The SMILES string of the molecule is CCCCCCCCCCCCCCCCCCC(=O)O[C@H](COC(=O)CCCCCCCCCCCCC)COP(=O)(O)OC[C@H](O)COP(=O)(O)OC[C@@H](COC(=O)CCCCCCCCCCCCCCCCC(C)CC)OC(=O)CCCCCCCCCCCCCCCCCCCCC(C)C. The highest BCUT2D eigenvalue weighted by atomic mass is 31.2.